The molecule has 6 heteroatoms. The highest BCUT2D eigenvalue weighted by molar-refractivity contribution is 14.1. The SMILES string of the molecule is COc1cc(C(=O)NCC(F)F)ccc1I. The van der Waals surface area contributed by atoms with Gasteiger partial charge in [-0.15, -0.1) is 0 Å². The summed E-state index contributed by atoms with van der Waals surface area (Å²) < 4.78 is 29.6. The molecule has 0 aromatic heterocycles. The van der Waals surface area contributed by atoms with Crippen LogP contribution in [0.25, 0.3) is 0 Å². The maximum Gasteiger partial charge on any atom is 0.255 e. The molecule has 0 atom stereocenters. The summed E-state index contributed by atoms with van der Waals surface area (Å²) in [4.78, 5) is 11.4. The van der Waals surface area contributed by atoms with Gasteiger partial charge in [0.1, 0.15) is 5.75 Å². The van der Waals surface area contributed by atoms with Crippen LogP contribution < -0.4 is 10.1 Å². The van der Waals surface area contributed by atoms with Crippen LogP contribution in [0.1, 0.15) is 10.4 Å². The quantitative estimate of drug-likeness (QED) is 0.854. The maximum absolute atomic E-state index is 11.9. The van der Waals surface area contributed by atoms with Crippen molar-refractivity contribution in [1.82, 2.24) is 5.32 Å². The van der Waals surface area contributed by atoms with Crippen molar-refractivity contribution < 1.29 is 18.3 Å². The molecule has 0 heterocycles. The van der Waals surface area contributed by atoms with Gasteiger partial charge in [0.25, 0.3) is 12.3 Å². The van der Waals surface area contributed by atoms with Crippen LogP contribution in [0.5, 0.6) is 5.75 Å². The molecule has 3 nitrogen and oxygen atoms in total. The fourth-order valence-electron chi connectivity index (χ4n) is 1.07. The number of hydrogen-bond acceptors (Lipinski definition) is 2. The van der Waals surface area contributed by atoms with Gasteiger partial charge in [0.2, 0.25) is 0 Å². The third kappa shape index (κ3) is 3.58. The molecule has 1 aromatic carbocycles. The normalized spacial score (nSPS) is 10.3. The highest BCUT2D eigenvalue weighted by atomic mass is 127. The minimum atomic E-state index is -2.55. The topological polar surface area (TPSA) is 38.3 Å². The maximum atomic E-state index is 11.9. The Labute approximate surface area is 105 Å². The first-order chi connectivity index (χ1) is 7.54. The molecule has 0 fully saturated rings. The molecule has 0 saturated carbocycles. The lowest BCUT2D eigenvalue weighted by Crippen LogP contribution is -2.28. The van der Waals surface area contributed by atoms with E-state index in [0.29, 0.717) is 11.3 Å². The second kappa shape index (κ2) is 5.97. The van der Waals surface area contributed by atoms with E-state index in [1.54, 1.807) is 12.1 Å². The van der Waals surface area contributed by atoms with Crippen LogP contribution in [0.4, 0.5) is 8.78 Å². The predicted molar refractivity (Wildman–Crippen MR) is 64.0 cm³/mol. The lowest BCUT2D eigenvalue weighted by molar-refractivity contribution is 0.0891. The van der Waals surface area contributed by atoms with Gasteiger partial charge in [-0.2, -0.15) is 0 Å². The predicted octanol–water partition coefficient (Wildman–Crippen LogP) is 2.29. The summed E-state index contributed by atoms with van der Waals surface area (Å²) in [6, 6.07) is 4.77. The summed E-state index contributed by atoms with van der Waals surface area (Å²) in [5.41, 5.74) is 0.304. The minimum absolute atomic E-state index is 0.304. The second-order valence-electron chi connectivity index (χ2n) is 2.95. The average molecular weight is 341 g/mol. The van der Waals surface area contributed by atoms with Crippen LogP contribution in [0.3, 0.4) is 0 Å². The number of nitrogens with one attached hydrogen (secondary N) is 1. The van der Waals surface area contributed by atoms with E-state index in [9.17, 15) is 13.6 Å². The number of methoxy groups -OCH3 is 1. The molecule has 0 bridgehead atoms. The average Bonchev–Trinajstić information content (AvgIpc) is 2.26. The Balaban J connectivity index is 2.76. The zero-order valence-corrected chi connectivity index (χ0v) is 10.6. The lowest BCUT2D eigenvalue weighted by atomic mass is 10.2. The molecule has 0 aliphatic rings. The Hall–Kier alpha value is -0.920. The smallest absolute Gasteiger partial charge is 0.255 e. The third-order valence-electron chi connectivity index (χ3n) is 1.83. The molecular weight excluding hydrogens is 331 g/mol. The summed E-state index contributed by atoms with van der Waals surface area (Å²) >= 11 is 2.06. The number of carbonyl (C=O) groups is 1. The van der Waals surface area contributed by atoms with Gasteiger partial charge in [0, 0.05) is 5.56 Å². The summed E-state index contributed by atoms with van der Waals surface area (Å²) in [7, 11) is 1.48. The molecule has 1 aromatic rings. The van der Waals surface area contributed by atoms with Crippen LogP contribution >= 0.6 is 22.6 Å². The van der Waals surface area contributed by atoms with Crippen LogP contribution in [-0.2, 0) is 0 Å². The van der Waals surface area contributed by atoms with E-state index in [1.807, 2.05) is 0 Å². The van der Waals surface area contributed by atoms with Gasteiger partial charge in [-0.1, -0.05) is 0 Å². The highest BCUT2D eigenvalue weighted by Crippen LogP contribution is 2.21. The first-order valence-electron chi connectivity index (χ1n) is 4.44. The van der Waals surface area contributed by atoms with Crippen molar-refractivity contribution in [2.24, 2.45) is 0 Å². The molecule has 16 heavy (non-hydrogen) atoms. The first-order valence-corrected chi connectivity index (χ1v) is 5.52. The van der Waals surface area contributed by atoms with Crippen molar-refractivity contribution in [3.05, 3.63) is 27.3 Å². The fourth-order valence-corrected chi connectivity index (χ4v) is 1.63. The molecule has 0 unspecified atom stereocenters. The summed E-state index contributed by atoms with van der Waals surface area (Å²) in [6.07, 6.45) is -2.55. The van der Waals surface area contributed by atoms with Gasteiger partial charge in [-0.3, -0.25) is 4.79 Å². The molecule has 88 valence electrons. The van der Waals surface area contributed by atoms with E-state index < -0.39 is 18.9 Å². The van der Waals surface area contributed by atoms with Crippen molar-refractivity contribution in [1.29, 1.82) is 0 Å². The van der Waals surface area contributed by atoms with E-state index in [4.69, 9.17) is 4.74 Å². The van der Waals surface area contributed by atoms with Gasteiger partial charge in [-0.05, 0) is 40.8 Å². The molecular formula is C10H10F2INO2. The van der Waals surface area contributed by atoms with Crippen LogP contribution in [0.2, 0.25) is 0 Å². The molecule has 1 N–H and O–H groups in total. The van der Waals surface area contributed by atoms with Gasteiger partial charge >= 0.3 is 0 Å². The van der Waals surface area contributed by atoms with Gasteiger partial charge < -0.3 is 10.1 Å². The number of alkyl halides is 2. The molecule has 1 rings (SSSR count). The van der Waals surface area contributed by atoms with Crippen molar-refractivity contribution in [2.45, 2.75) is 6.43 Å². The van der Waals surface area contributed by atoms with E-state index in [-0.39, 0.29) is 0 Å². The Morgan fingerprint density at radius 3 is 2.81 bits per heavy atom. The van der Waals surface area contributed by atoms with Crippen LogP contribution in [0.15, 0.2) is 18.2 Å². The van der Waals surface area contributed by atoms with Gasteiger partial charge in [0.15, 0.2) is 0 Å². The van der Waals surface area contributed by atoms with Crippen LogP contribution in [-0.4, -0.2) is 26.0 Å². The zero-order chi connectivity index (χ0) is 12.1. The number of hydrogen-bond donors (Lipinski definition) is 1. The number of carbonyl (C=O) groups excluding carboxylic acids is 1. The van der Waals surface area contributed by atoms with Crippen molar-refractivity contribution in [3.63, 3.8) is 0 Å². The lowest BCUT2D eigenvalue weighted by Gasteiger charge is -2.07. The minimum Gasteiger partial charge on any atom is -0.496 e. The monoisotopic (exact) mass is 341 g/mol. The van der Waals surface area contributed by atoms with E-state index >= 15 is 0 Å². The largest absolute Gasteiger partial charge is 0.496 e. The van der Waals surface area contributed by atoms with E-state index in [1.165, 1.54) is 13.2 Å². The summed E-state index contributed by atoms with van der Waals surface area (Å²) in [6.45, 7) is -0.646. The molecule has 0 aliphatic heterocycles. The Kier molecular flexibility index (Phi) is 4.91. The third-order valence-corrected chi connectivity index (χ3v) is 2.72. The number of amides is 1. The van der Waals surface area contributed by atoms with Gasteiger partial charge in [0.05, 0.1) is 17.2 Å². The summed E-state index contributed by atoms with van der Waals surface area (Å²) in [5.74, 6) is 0.0142. The number of rotatable bonds is 4. The fraction of sp³-hybridized carbons (Fsp3) is 0.300. The molecule has 0 radical (unpaired) electrons. The molecule has 0 spiro atoms. The van der Waals surface area contributed by atoms with Crippen molar-refractivity contribution >= 4 is 28.5 Å². The standard InChI is InChI=1S/C10H10F2INO2/c1-16-8-4-6(2-3-7(8)13)10(15)14-5-9(11)12/h2-4,9H,5H2,1H3,(H,14,15). The van der Waals surface area contributed by atoms with Crippen molar-refractivity contribution in [2.75, 3.05) is 13.7 Å². The van der Waals surface area contributed by atoms with E-state index in [2.05, 4.69) is 27.9 Å². The number of halogens is 3. The Morgan fingerprint density at radius 1 is 1.56 bits per heavy atom. The van der Waals surface area contributed by atoms with E-state index in [0.717, 1.165) is 3.57 Å². The molecule has 1 amide bonds. The number of ether oxygens (including phenoxy) is 1. The molecule has 0 aliphatic carbocycles. The Bertz CT molecular complexity index is 385. The van der Waals surface area contributed by atoms with Crippen molar-refractivity contribution in [3.8, 4) is 5.75 Å². The zero-order valence-electron chi connectivity index (χ0n) is 8.47. The number of benzene rings is 1. The first kappa shape index (κ1) is 13.1. The summed E-state index contributed by atoms with van der Waals surface area (Å²) in [5, 5.41) is 2.12. The van der Waals surface area contributed by atoms with Gasteiger partial charge in [-0.25, -0.2) is 8.78 Å². The highest BCUT2D eigenvalue weighted by Gasteiger charge is 2.10. The second-order valence-corrected chi connectivity index (χ2v) is 4.11. The Morgan fingerprint density at radius 2 is 2.25 bits per heavy atom. The van der Waals surface area contributed by atoms with Crippen LogP contribution in [0, 0.1) is 3.57 Å². The molecule has 0 saturated heterocycles.